The van der Waals surface area contributed by atoms with Crippen LogP contribution in [0.2, 0.25) is 0 Å². The van der Waals surface area contributed by atoms with Crippen molar-refractivity contribution < 1.29 is 14.3 Å². The lowest BCUT2D eigenvalue weighted by Gasteiger charge is -2.43. The number of methoxy groups -OCH3 is 1. The summed E-state index contributed by atoms with van der Waals surface area (Å²) in [4.78, 5) is 14.9. The molecule has 2 fully saturated rings. The number of carbonyl (C=O) groups is 1. The Morgan fingerprint density at radius 1 is 1.36 bits per heavy atom. The molecule has 0 aliphatic carbocycles. The van der Waals surface area contributed by atoms with E-state index >= 15 is 0 Å². The van der Waals surface area contributed by atoms with Crippen LogP contribution in [0.5, 0.6) is 0 Å². The molecule has 0 bridgehead atoms. The maximum absolute atomic E-state index is 12.4. The SMILES string of the molecule is CCOC(=O)C1(COC)CCCN(CC2(C)CCNC2)C1.Cl. The highest BCUT2D eigenvalue weighted by molar-refractivity contribution is 5.85. The molecule has 2 aliphatic heterocycles. The Balaban J connectivity index is 0.00000242. The van der Waals surface area contributed by atoms with Gasteiger partial charge in [0.05, 0.1) is 13.2 Å². The van der Waals surface area contributed by atoms with Crippen molar-refractivity contribution in [2.24, 2.45) is 10.8 Å². The monoisotopic (exact) mass is 334 g/mol. The van der Waals surface area contributed by atoms with Crippen LogP contribution in [-0.4, -0.2) is 63.9 Å². The number of ether oxygens (including phenoxy) is 2. The highest BCUT2D eigenvalue weighted by Crippen LogP contribution is 2.35. The topological polar surface area (TPSA) is 50.8 Å². The van der Waals surface area contributed by atoms with E-state index in [1.807, 2.05) is 6.92 Å². The Hall–Kier alpha value is -0.360. The number of nitrogens with one attached hydrogen (secondary N) is 1. The van der Waals surface area contributed by atoms with E-state index in [4.69, 9.17) is 9.47 Å². The van der Waals surface area contributed by atoms with Crippen LogP contribution in [-0.2, 0) is 14.3 Å². The molecule has 0 aromatic carbocycles. The van der Waals surface area contributed by atoms with E-state index in [9.17, 15) is 4.79 Å². The fourth-order valence-electron chi connectivity index (χ4n) is 3.81. The zero-order valence-electron chi connectivity index (χ0n) is 14.2. The van der Waals surface area contributed by atoms with Crippen LogP contribution in [0.4, 0.5) is 0 Å². The quantitative estimate of drug-likeness (QED) is 0.749. The molecule has 2 atom stereocenters. The molecule has 5 nitrogen and oxygen atoms in total. The Morgan fingerprint density at radius 2 is 2.14 bits per heavy atom. The number of nitrogens with zero attached hydrogens (tertiary/aromatic N) is 1. The molecular formula is C16H31ClN2O3. The lowest BCUT2D eigenvalue weighted by molar-refractivity contribution is -0.163. The normalized spacial score (nSPS) is 32.5. The van der Waals surface area contributed by atoms with Gasteiger partial charge in [0.2, 0.25) is 0 Å². The second-order valence-electron chi connectivity index (χ2n) is 6.99. The summed E-state index contributed by atoms with van der Waals surface area (Å²) >= 11 is 0. The highest BCUT2D eigenvalue weighted by Gasteiger charge is 2.45. The molecule has 2 rings (SSSR count). The van der Waals surface area contributed by atoms with Crippen LogP contribution < -0.4 is 5.32 Å². The second-order valence-corrected chi connectivity index (χ2v) is 6.99. The summed E-state index contributed by atoms with van der Waals surface area (Å²) in [5, 5.41) is 3.45. The number of hydrogen-bond acceptors (Lipinski definition) is 5. The molecule has 0 radical (unpaired) electrons. The zero-order valence-corrected chi connectivity index (χ0v) is 15.0. The predicted octanol–water partition coefficient (Wildman–Crippen LogP) is 1.70. The van der Waals surface area contributed by atoms with Crippen LogP contribution >= 0.6 is 12.4 Å². The standard InChI is InChI=1S/C16H30N2O3.ClH/c1-4-21-14(19)16(13-20-3)6-5-9-18(12-16)11-15(2)7-8-17-10-15;/h17H,4-13H2,1-3H3;1H. The van der Waals surface area contributed by atoms with Gasteiger partial charge in [-0.2, -0.15) is 0 Å². The van der Waals surface area contributed by atoms with Crippen molar-refractivity contribution in [3.8, 4) is 0 Å². The Morgan fingerprint density at radius 3 is 2.73 bits per heavy atom. The van der Waals surface area contributed by atoms with Gasteiger partial charge in [0.15, 0.2) is 0 Å². The van der Waals surface area contributed by atoms with E-state index in [1.54, 1.807) is 7.11 Å². The molecule has 0 aromatic rings. The third kappa shape index (κ3) is 4.57. The van der Waals surface area contributed by atoms with Gasteiger partial charge in [0.1, 0.15) is 5.41 Å². The van der Waals surface area contributed by atoms with Crippen molar-refractivity contribution in [1.82, 2.24) is 10.2 Å². The predicted molar refractivity (Wildman–Crippen MR) is 89.5 cm³/mol. The first-order valence-electron chi connectivity index (χ1n) is 8.13. The van der Waals surface area contributed by atoms with Crippen molar-refractivity contribution in [3.63, 3.8) is 0 Å². The molecule has 2 unspecified atom stereocenters. The molecule has 1 N–H and O–H groups in total. The van der Waals surface area contributed by atoms with Crippen LogP contribution in [0.1, 0.15) is 33.1 Å². The first-order valence-corrected chi connectivity index (χ1v) is 8.13. The molecular weight excluding hydrogens is 304 g/mol. The van der Waals surface area contributed by atoms with Gasteiger partial charge < -0.3 is 19.7 Å². The summed E-state index contributed by atoms with van der Waals surface area (Å²) in [6, 6.07) is 0. The first kappa shape index (κ1) is 19.7. The molecule has 2 heterocycles. The zero-order chi connectivity index (χ0) is 15.3. The molecule has 0 amide bonds. The van der Waals surface area contributed by atoms with Crippen molar-refractivity contribution >= 4 is 18.4 Å². The summed E-state index contributed by atoms with van der Waals surface area (Å²) in [5.41, 5.74) is -0.157. The van der Waals surface area contributed by atoms with Gasteiger partial charge in [-0.15, -0.1) is 12.4 Å². The fraction of sp³-hybridized carbons (Fsp3) is 0.938. The second kappa shape index (κ2) is 8.48. The Bertz CT molecular complexity index is 357. The third-order valence-corrected chi connectivity index (χ3v) is 4.85. The molecule has 130 valence electrons. The first-order chi connectivity index (χ1) is 10.0. The maximum atomic E-state index is 12.4. The average Bonchev–Trinajstić information content (AvgIpc) is 2.86. The van der Waals surface area contributed by atoms with E-state index in [-0.39, 0.29) is 18.4 Å². The molecule has 0 aromatic heterocycles. The van der Waals surface area contributed by atoms with Gasteiger partial charge in [-0.1, -0.05) is 6.92 Å². The molecule has 2 saturated heterocycles. The van der Waals surface area contributed by atoms with Gasteiger partial charge in [0, 0.05) is 26.7 Å². The molecule has 0 spiro atoms. The van der Waals surface area contributed by atoms with E-state index in [1.165, 1.54) is 6.42 Å². The number of rotatable bonds is 6. The molecule has 0 saturated carbocycles. The van der Waals surface area contributed by atoms with Gasteiger partial charge >= 0.3 is 5.97 Å². The van der Waals surface area contributed by atoms with Crippen LogP contribution in [0, 0.1) is 10.8 Å². The van der Waals surface area contributed by atoms with Crippen molar-refractivity contribution in [2.45, 2.75) is 33.1 Å². The molecule has 2 aliphatic rings. The number of carbonyl (C=O) groups excluding carboxylic acids is 1. The fourth-order valence-corrected chi connectivity index (χ4v) is 3.81. The minimum atomic E-state index is -0.481. The highest BCUT2D eigenvalue weighted by atomic mass is 35.5. The minimum absolute atomic E-state index is 0. The summed E-state index contributed by atoms with van der Waals surface area (Å²) in [7, 11) is 1.67. The van der Waals surface area contributed by atoms with Gasteiger partial charge in [-0.25, -0.2) is 0 Å². The van der Waals surface area contributed by atoms with Crippen LogP contribution in [0.15, 0.2) is 0 Å². The van der Waals surface area contributed by atoms with Gasteiger partial charge in [-0.05, 0) is 44.7 Å². The lowest BCUT2D eigenvalue weighted by atomic mass is 9.79. The largest absolute Gasteiger partial charge is 0.465 e. The maximum Gasteiger partial charge on any atom is 0.315 e. The van der Waals surface area contributed by atoms with Crippen LogP contribution in [0.25, 0.3) is 0 Å². The number of piperidine rings is 1. The smallest absolute Gasteiger partial charge is 0.315 e. The average molecular weight is 335 g/mol. The van der Waals surface area contributed by atoms with E-state index < -0.39 is 5.41 Å². The van der Waals surface area contributed by atoms with Crippen molar-refractivity contribution in [2.75, 3.05) is 53.0 Å². The van der Waals surface area contributed by atoms with Crippen molar-refractivity contribution in [1.29, 1.82) is 0 Å². The summed E-state index contributed by atoms with van der Waals surface area (Å²) in [5.74, 6) is -0.0914. The number of halogens is 1. The van der Waals surface area contributed by atoms with Gasteiger partial charge in [0.25, 0.3) is 0 Å². The minimum Gasteiger partial charge on any atom is -0.465 e. The number of hydrogen-bond donors (Lipinski definition) is 1. The summed E-state index contributed by atoms with van der Waals surface area (Å²) in [6.07, 6.45) is 3.11. The lowest BCUT2D eigenvalue weighted by Crippen LogP contribution is -2.53. The summed E-state index contributed by atoms with van der Waals surface area (Å²) < 4.78 is 10.7. The Kier molecular flexibility index (Phi) is 7.59. The van der Waals surface area contributed by atoms with Crippen molar-refractivity contribution in [3.05, 3.63) is 0 Å². The Labute approximate surface area is 140 Å². The molecule has 22 heavy (non-hydrogen) atoms. The van der Waals surface area contributed by atoms with Crippen LogP contribution in [0.3, 0.4) is 0 Å². The van der Waals surface area contributed by atoms with Gasteiger partial charge in [-0.3, -0.25) is 4.79 Å². The number of likely N-dealkylation sites (tertiary alicyclic amines) is 1. The number of esters is 1. The third-order valence-electron chi connectivity index (χ3n) is 4.85. The van der Waals surface area contributed by atoms with E-state index in [0.717, 1.165) is 45.6 Å². The molecule has 6 heteroatoms. The van der Waals surface area contributed by atoms with E-state index in [2.05, 4.69) is 17.1 Å². The summed E-state index contributed by atoms with van der Waals surface area (Å²) in [6.45, 7) is 10.1. The van der Waals surface area contributed by atoms with E-state index in [0.29, 0.717) is 18.6 Å².